The highest BCUT2D eigenvalue weighted by Gasteiger charge is 2.16. The van der Waals surface area contributed by atoms with Crippen molar-refractivity contribution in [3.8, 4) is 11.5 Å². The van der Waals surface area contributed by atoms with Crippen molar-refractivity contribution in [1.29, 1.82) is 0 Å². The summed E-state index contributed by atoms with van der Waals surface area (Å²) in [4.78, 5) is 10.5. The van der Waals surface area contributed by atoms with Crippen LogP contribution >= 0.6 is 15.9 Å². The quantitative estimate of drug-likeness (QED) is 0.869. The van der Waals surface area contributed by atoms with E-state index in [-0.39, 0.29) is 12.5 Å². The Morgan fingerprint density at radius 1 is 1.42 bits per heavy atom. The molecular weight excluding hydrogens is 314 g/mol. The SMILES string of the molecule is CC(CCC(=O)O)Nc1cc2c(cc1Br)OCCO2. The number of hydrogen-bond acceptors (Lipinski definition) is 4. The van der Waals surface area contributed by atoms with Gasteiger partial charge in [-0.1, -0.05) is 0 Å². The van der Waals surface area contributed by atoms with E-state index in [0.717, 1.165) is 15.9 Å². The van der Waals surface area contributed by atoms with Crippen molar-refractivity contribution in [3.05, 3.63) is 16.6 Å². The molecule has 0 radical (unpaired) electrons. The maximum atomic E-state index is 10.5. The Bertz CT molecular complexity index is 478. The van der Waals surface area contributed by atoms with Crippen molar-refractivity contribution in [2.45, 2.75) is 25.8 Å². The van der Waals surface area contributed by atoms with Crippen LogP contribution in [0.1, 0.15) is 19.8 Å². The number of hydrogen-bond donors (Lipinski definition) is 2. The molecule has 19 heavy (non-hydrogen) atoms. The Hall–Kier alpha value is -1.43. The van der Waals surface area contributed by atoms with Crippen molar-refractivity contribution >= 4 is 27.6 Å². The number of fused-ring (bicyclic) bond motifs is 1. The molecule has 0 amide bonds. The van der Waals surface area contributed by atoms with Gasteiger partial charge in [-0.15, -0.1) is 0 Å². The molecule has 1 aliphatic heterocycles. The van der Waals surface area contributed by atoms with E-state index >= 15 is 0 Å². The van der Waals surface area contributed by atoms with Crippen LogP contribution in [0.2, 0.25) is 0 Å². The first-order valence-electron chi connectivity index (χ1n) is 6.13. The molecule has 104 valence electrons. The Morgan fingerprint density at radius 2 is 2.05 bits per heavy atom. The van der Waals surface area contributed by atoms with Gasteiger partial charge >= 0.3 is 5.97 Å². The minimum atomic E-state index is -0.783. The molecule has 1 heterocycles. The fourth-order valence-corrected chi connectivity index (χ4v) is 2.29. The standard InChI is InChI=1S/C13H16BrNO4/c1-8(2-3-13(16)17)15-10-7-12-11(6-9(10)14)18-4-5-19-12/h6-8,15H,2-5H2,1H3,(H,16,17). The van der Waals surface area contributed by atoms with Crippen LogP contribution in [0.5, 0.6) is 11.5 Å². The summed E-state index contributed by atoms with van der Waals surface area (Å²) in [6, 6.07) is 3.80. The molecule has 1 aromatic carbocycles. The average Bonchev–Trinajstić information content (AvgIpc) is 2.37. The lowest BCUT2D eigenvalue weighted by atomic mass is 10.1. The minimum absolute atomic E-state index is 0.0648. The zero-order valence-electron chi connectivity index (χ0n) is 10.6. The third-order valence-electron chi connectivity index (χ3n) is 2.82. The molecular formula is C13H16BrNO4. The second-order valence-electron chi connectivity index (χ2n) is 4.45. The maximum Gasteiger partial charge on any atom is 0.303 e. The lowest BCUT2D eigenvalue weighted by molar-refractivity contribution is -0.137. The first-order valence-corrected chi connectivity index (χ1v) is 6.93. The molecule has 1 aromatic rings. The largest absolute Gasteiger partial charge is 0.486 e. The molecule has 0 saturated heterocycles. The van der Waals surface area contributed by atoms with Crippen LogP contribution in [0.25, 0.3) is 0 Å². The van der Waals surface area contributed by atoms with Crippen LogP contribution in [-0.4, -0.2) is 30.3 Å². The number of carboxylic acids is 1. The molecule has 0 spiro atoms. The highest BCUT2D eigenvalue weighted by atomic mass is 79.9. The molecule has 0 saturated carbocycles. The van der Waals surface area contributed by atoms with Crippen LogP contribution in [0.3, 0.4) is 0 Å². The first-order chi connectivity index (χ1) is 9.06. The van der Waals surface area contributed by atoms with Gasteiger partial charge in [0, 0.05) is 29.1 Å². The Kier molecular flexibility index (Phi) is 4.52. The van der Waals surface area contributed by atoms with Gasteiger partial charge in [0.15, 0.2) is 11.5 Å². The van der Waals surface area contributed by atoms with Gasteiger partial charge < -0.3 is 19.9 Å². The van der Waals surface area contributed by atoms with Crippen LogP contribution in [0.15, 0.2) is 16.6 Å². The van der Waals surface area contributed by atoms with Crippen molar-refractivity contribution in [1.82, 2.24) is 0 Å². The number of rotatable bonds is 5. The van der Waals surface area contributed by atoms with E-state index in [4.69, 9.17) is 14.6 Å². The van der Waals surface area contributed by atoms with Crippen molar-refractivity contribution < 1.29 is 19.4 Å². The number of anilines is 1. The van der Waals surface area contributed by atoms with Gasteiger partial charge in [0.1, 0.15) is 13.2 Å². The van der Waals surface area contributed by atoms with Gasteiger partial charge in [0.25, 0.3) is 0 Å². The maximum absolute atomic E-state index is 10.5. The summed E-state index contributed by atoms with van der Waals surface area (Å²) in [5.74, 6) is 0.652. The number of aliphatic carboxylic acids is 1. The van der Waals surface area contributed by atoms with Gasteiger partial charge in [0.2, 0.25) is 0 Å². The van der Waals surface area contributed by atoms with Crippen molar-refractivity contribution in [2.24, 2.45) is 0 Å². The second-order valence-corrected chi connectivity index (χ2v) is 5.31. The minimum Gasteiger partial charge on any atom is -0.486 e. The van der Waals surface area contributed by atoms with Gasteiger partial charge in [-0.3, -0.25) is 4.79 Å². The molecule has 2 rings (SSSR count). The fraction of sp³-hybridized carbons (Fsp3) is 0.462. The molecule has 2 N–H and O–H groups in total. The number of nitrogens with one attached hydrogen (secondary N) is 1. The Morgan fingerprint density at radius 3 is 2.68 bits per heavy atom. The van der Waals surface area contributed by atoms with Crippen molar-refractivity contribution in [3.63, 3.8) is 0 Å². The van der Waals surface area contributed by atoms with Crippen molar-refractivity contribution in [2.75, 3.05) is 18.5 Å². The summed E-state index contributed by atoms with van der Waals surface area (Å²) in [7, 11) is 0. The average molecular weight is 330 g/mol. The smallest absolute Gasteiger partial charge is 0.303 e. The van der Waals surface area contributed by atoms with Crippen LogP contribution in [0.4, 0.5) is 5.69 Å². The summed E-state index contributed by atoms with van der Waals surface area (Å²) in [5, 5.41) is 11.9. The number of carbonyl (C=O) groups is 1. The zero-order chi connectivity index (χ0) is 13.8. The summed E-state index contributed by atoms with van der Waals surface area (Å²) in [6.45, 7) is 3.05. The first kappa shape index (κ1) is 14.0. The number of carboxylic acid groups (broad SMARTS) is 1. The fourth-order valence-electron chi connectivity index (χ4n) is 1.85. The number of halogens is 1. The van der Waals surface area contributed by atoms with E-state index in [1.165, 1.54) is 0 Å². The van der Waals surface area contributed by atoms with Gasteiger partial charge in [-0.25, -0.2) is 0 Å². The molecule has 1 unspecified atom stereocenters. The number of benzene rings is 1. The summed E-state index contributed by atoms with van der Waals surface area (Å²) < 4.78 is 11.9. The third kappa shape index (κ3) is 3.76. The van der Waals surface area contributed by atoms with E-state index in [1.54, 1.807) is 0 Å². The van der Waals surface area contributed by atoms with Gasteiger partial charge in [0.05, 0.1) is 5.69 Å². The van der Waals surface area contributed by atoms with Crippen LogP contribution < -0.4 is 14.8 Å². The molecule has 0 fully saturated rings. The molecule has 5 nitrogen and oxygen atoms in total. The number of ether oxygens (including phenoxy) is 2. The van der Waals surface area contributed by atoms with E-state index in [2.05, 4.69) is 21.2 Å². The molecule has 1 atom stereocenters. The second kappa shape index (κ2) is 6.14. The predicted molar refractivity (Wildman–Crippen MR) is 75.1 cm³/mol. The Balaban J connectivity index is 2.05. The Labute approximate surface area is 120 Å². The highest BCUT2D eigenvalue weighted by molar-refractivity contribution is 9.10. The summed E-state index contributed by atoms with van der Waals surface area (Å²) >= 11 is 3.47. The predicted octanol–water partition coefficient (Wildman–Crippen LogP) is 2.89. The lowest BCUT2D eigenvalue weighted by Gasteiger charge is -2.22. The zero-order valence-corrected chi connectivity index (χ0v) is 12.2. The van der Waals surface area contributed by atoms with E-state index in [9.17, 15) is 4.79 Å². The topological polar surface area (TPSA) is 67.8 Å². The highest BCUT2D eigenvalue weighted by Crippen LogP contribution is 2.38. The van der Waals surface area contributed by atoms with Crippen LogP contribution in [-0.2, 0) is 4.79 Å². The normalized spacial score (nSPS) is 14.8. The van der Waals surface area contributed by atoms with E-state index in [0.29, 0.717) is 25.4 Å². The van der Waals surface area contributed by atoms with Gasteiger partial charge in [-0.2, -0.15) is 0 Å². The summed E-state index contributed by atoms with van der Waals surface area (Å²) in [6.07, 6.45) is 0.715. The molecule has 6 heteroatoms. The monoisotopic (exact) mass is 329 g/mol. The van der Waals surface area contributed by atoms with Crippen LogP contribution in [0, 0.1) is 0 Å². The summed E-state index contributed by atoms with van der Waals surface area (Å²) in [5.41, 5.74) is 0.877. The lowest BCUT2D eigenvalue weighted by Crippen LogP contribution is -2.18. The molecule has 0 bridgehead atoms. The molecule has 1 aliphatic rings. The third-order valence-corrected chi connectivity index (χ3v) is 3.48. The van der Waals surface area contributed by atoms with Gasteiger partial charge in [-0.05, 0) is 29.3 Å². The van der Waals surface area contributed by atoms with E-state index in [1.807, 2.05) is 19.1 Å². The molecule has 0 aliphatic carbocycles. The molecule has 0 aromatic heterocycles. The van der Waals surface area contributed by atoms with E-state index < -0.39 is 5.97 Å².